The van der Waals surface area contributed by atoms with Gasteiger partial charge in [0.2, 0.25) is 0 Å². The maximum Gasteiger partial charge on any atom is 0.318 e. The van der Waals surface area contributed by atoms with Crippen LogP contribution in [0.25, 0.3) is 0 Å². The van der Waals surface area contributed by atoms with E-state index in [2.05, 4.69) is 4.72 Å². The van der Waals surface area contributed by atoms with Crippen LogP contribution in [0.15, 0.2) is 0 Å². The van der Waals surface area contributed by atoms with Crippen LogP contribution in [0.5, 0.6) is 0 Å². The normalized spacial score (nSPS) is 11.5. The second kappa shape index (κ2) is 7.04. The summed E-state index contributed by atoms with van der Waals surface area (Å²) < 4.78 is 26.1. The molecule has 0 atom stereocenters. The van der Waals surface area contributed by atoms with Crippen LogP contribution in [0, 0.1) is 0 Å². The molecular formula is C6H14N2O4S2. The van der Waals surface area contributed by atoms with Gasteiger partial charge in [0.25, 0.3) is 10.2 Å². The molecule has 14 heavy (non-hydrogen) atoms. The van der Waals surface area contributed by atoms with E-state index in [0.717, 1.165) is 5.75 Å². The molecule has 0 spiro atoms. The summed E-state index contributed by atoms with van der Waals surface area (Å²) >= 11 is 1.60. The molecule has 0 aliphatic heterocycles. The van der Waals surface area contributed by atoms with Crippen LogP contribution in [-0.4, -0.2) is 44.1 Å². The fourth-order valence-electron chi connectivity index (χ4n) is 0.600. The van der Waals surface area contributed by atoms with E-state index < -0.39 is 22.7 Å². The lowest BCUT2D eigenvalue weighted by atomic mass is 10.7. The summed E-state index contributed by atoms with van der Waals surface area (Å²) in [5.74, 6) is 0.382. The number of thioether (sulfide) groups is 1. The van der Waals surface area contributed by atoms with Gasteiger partial charge in [-0.15, -0.1) is 0 Å². The van der Waals surface area contributed by atoms with Crippen molar-refractivity contribution in [3.05, 3.63) is 0 Å². The molecule has 0 aliphatic carbocycles. The first-order chi connectivity index (χ1) is 6.48. The van der Waals surface area contributed by atoms with Gasteiger partial charge in [-0.2, -0.15) is 24.9 Å². The number of aliphatic carboxylic acids is 1. The predicted octanol–water partition coefficient (Wildman–Crippen LogP) is -0.752. The molecule has 0 heterocycles. The molecular weight excluding hydrogens is 228 g/mol. The third-order valence-electron chi connectivity index (χ3n) is 1.16. The van der Waals surface area contributed by atoms with E-state index in [-0.39, 0.29) is 0 Å². The summed E-state index contributed by atoms with van der Waals surface area (Å²) in [6.07, 6.45) is 0. The molecule has 0 saturated carbocycles. The van der Waals surface area contributed by atoms with Crippen LogP contribution in [0.4, 0.5) is 0 Å². The summed E-state index contributed by atoms with van der Waals surface area (Å²) in [6, 6.07) is 0. The highest BCUT2D eigenvalue weighted by molar-refractivity contribution is 7.99. The van der Waals surface area contributed by atoms with Crippen molar-refractivity contribution in [2.75, 3.05) is 24.6 Å². The van der Waals surface area contributed by atoms with Gasteiger partial charge in [0.1, 0.15) is 6.54 Å². The van der Waals surface area contributed by atoms with Gasteiger partial charge >= 0.3 is 5.97 Å². The molecule has 0 amide bonds. The van der Waals surface area contributed by atoms with Crippen molar-refractivity contribution < 1.29 is 18.3 Å². The Morgan fingerprint density at radius 3 is 2.57 bits per heavy atom. The first-order valence-corrected chi connectivity index (χ1v) is 6.65. The van der Waals surface area contributed by atoms with E-state index in [0.29, 0.717) is 12.3 Å². The lowest BCUT2D eigenvalue weighted by molar-refractivity contribution is -0.135. The fraction of sp³-hybridized carbons (Fsp3) is 0.833. The third kappa shape index (κ3) is 8.30. The summed E-state index contributed by atoms with van der Waals surface area (Å²) in [7, 11) is -3.65. The lowest BCUT2D eigenvalue weighted by Crippen LogP contribution is -2.40. The first kappa shape index (κ1) is 13.7. The summed E-state index contributed by atoms with van der Waals surface area (Å²) in [4.78, 5) is 10.1. The maximum absolute atomic E-state index is 11.0. The first-order valence-electron chi connectivity index (χ1n) is 4.01. The van der Waals surface area contributed by atoms with Crippen molar-refractivity contribution in [2.45, 2.75) is 6.92 Å². The Bertz CT molecular complexity index is 265. The quantitative estimate of drug-likeness (QED) is 0.487. The van der Waals surface area contributed by atoms with Crippen molar-refractivity contribution >= 4 is 27.9 Å². The van der Waals surface area contributed by atoms with E-state index >= 15 is 0 Å². The third-order valence-corrected chi connectivity index (χ3v) is 3.17. The Morgan fingerprint density at radius 1 is 1.43 bits per heavy atom. The number of carboxylic acid groups (broad SMARTS) is 1. The van der Waals surface area contributed by atoms with Gasteiger partial charge in [-0.1, -0.05) is 6.92 Å². The number of hydrogen-bond acceptors (Lipinski definition) is 4. The highest BCUT2D eigenvalue weighted by Gasteiger charge is 2.09. The van der Waals surface area contributed by atoms with Crippen molar-refractivity contribution in [1.82, 2.24) is 9.44 Å². The fourth-order valence-corrected chi connectivity index (χ4v) is 2.05. The SMILES string of the molecule is CCSCCNS(=O)(=O)NCC(=O)O. The summed E-state index contributed by atoms with van der Waals surface area (Å²) in [6.45, 7) is 1.67. The largest absolute Gasteiger partial charge is 0.480 e. The van der Waals surface area contributed by atoms with E-state index in [9.17, 15) is 13.2 Å². The predicted molar refractivity (Wildman–Crippen MR) is 55.6 cm³/mol. The van der Waals surface area contributed by atoms with Crippen LogP contribution < -0.4 is 9.44 Å². The Morgan fingerprint density at radius 2 is 2.07 bits per heavy atom. The number of nitrogens with one attached hydrogen (secondary N) is 2. The van der Waals surface area contributed by atoms with Gasteiger partial charge in [-0.25, -0.2) is 4.72 Å². The van der Waals surface area contributed by atoms with Crippen molar-refractivity contribution in [2.24, 2.45) is 0 Å². The molecule has 3 N–H and O–H groups in total. The van der Waals surface area contributed by atoms with Crippen LogP contribution >= 0.6 is 11.8 Å². The van der Waals surface area contributed by atoms with E-state index in [4.69, 9.17) is 5.11 Å². The zero-order chi connectivity index (χ0) is 11.0. The molecule has 0 aliphatic rings. The number of carboxylic acids is 1. The van der Waals surface area contributed by atoms with Gasteiger partial charge in [0, 0.05) is 12.3 Å². The molecule has 6 nitrogen and oxygen atoms in total. The van der Waals surface area contributed by atoms with Crippen LogP contribution in [0.1, 0.15) is 6.92 Å². The lowest BCUT2D eigenvalue weighted by Gasteiger charge is -2.05. The zero-order valence-corrected chi connectivity index (χ0v) is 9.45. The molecule has 8 heteroatoms. The zero-order valence-electron chi connectivity index (χ0n) is 7.82. The average molecular weight is 242 g/mol. The minimum atomic E-state index is -3.65. The van der Waals surface area contributed by atoms with E-state index in [1.165, 1.54) is 0 Å². The van der Waals surface area contributed by atoms with Crippen molar-refractivity contribution in [1.29, 1.82) is 0 Å². The molecule has 0 saturated heterocycles. The Hall–Kier alpha value is -0.310. The molecule has 0 unspecified atom stereocenters. The molecule has 0 fully saturated rings. The molecule has 84 valence electrons. The Kier molecular flexibility index (Phi) is 6.89. The van der Waals surface area contributed by atoms with Crippen LogP contribution in [-0.2, 0) is 15.0 Å². The van der Waals surface area contributed by atoms with Crippen molar-refractivity contribution in [3.8, 4) is 0 Å². The van der Waals surface area contributed by atoms with Crippen molar-refractivity contribution in [3.63, 3.8) is 0 Å². The number of hydrogen-bond donors (Lipinski definition) is 3. The minimum Gasteiger partial charge on any atom is -0.480 e. The maximum atomic E-state index is 11.0. The molecule has 0 aromatic carbocycles. The van der Waals surface area contributed by atoms with E-state index in [1.807, 2.05) is 11.6 Å². The van der Waals surface area contributed by atoms with Gasteiger partial charge in [-0.3, -0.25) is 4.79 Å². The molecule has 0 aromatic heterocycles. The minimum absolute atomic E-state index is 0.299. The second-order valence-electron chi connectivity index (χ2n) is 2.31. The Balaban J connectivity index is 3.67. The van der Waals surface area contributed by atoms with Crippen LogP contribution in [0.3, 0.4) is 0 Å². The average Bonchev–Trinajstić information content (AvgIpc) is 2.10. The molecule has 0 bridgehead atoms. The number of rotatable bonds is 8. The molecule has 0 radical (unpaired) electrons. The van der Waals surface area contributed by atoms with Gasteiger partial charge in [0.15, 0.2) is 0 Å². The summed E-state index contributed by atoms with van der Waals surface area (Å²) in [5.41, 5.74) is 0. The van der Waals surface area contributed by atoms with Crippen LogP contribution in [0.2, 0.25) is 0 Å². The topological polar surface area (TPSA) is 95.5 Å². The molecule has 0 rings (SSSR count). The number of carbonyl (C=O) groups is 1. The Labute approximate surface area is 87.6 Å². The molecule has 0 aromatic rings. The smallest absolute Gasteiger partial charge is 0.318 e. The standard InChI is InChI=1S/C6H14N2O4S2/c1-2-13-4-3-7-14(11,12)8-5-6(9)10/h7-8H,2-5H2,1H3,(H,9,10). The highest BCUT2D eigenvalue weighted by atomic mass is 32.2. The van der Waals surface area contributed by atoms with Gasteiger partial charge in [-0.05, 0) is 5.75 Å². The van der Waals surface area contributed by atoms with E-state index in [1.54, 1.807) is 11.8 Å². The van der Waals surface area contributed by atoms with Gasteiger partial charge in [0.05, 0.1) is 0 Å². The highest BCUT2D eigenvalue weighted by Crippen LogP contribution is 1.95. The summed E-state index contributed by atoms with van der Waals surface area (Å²) in [5, 5.41) is 8.23. The second-order valence-corrected chi connectivity index (χ2v) is 5.29. The monoisotopic (exact) mass is 242 g/mol. The van der Waals surface area contributed by atoms with Gasteiger partial charge < -0.3 is 5.11 Å².